The molecule has 0 aromatic heterocycles. The third kappa shape index (κ3) is 1.94. The SMILES string of the molecule is CCN(CC)C(C#N)C1CC1. The first-order chi connectivity index (χ1) is 5.33. The summed E-state index contributed by atoms with van der Waals surface area (Å²) in [4.78, 5) is 2.25. The predicted molar refractivity (Wildman–Crippen MR) is 45.0 cm³/mol. The van der Waals surface area contributed by atoms with Gasteiger partial charge in [-0.3, -0.25) is 4.90 Å². The summed E-state index contributed by atoms with van der Waals surface area (Å²) in [5, 5.41) is 8.88. The molecule has 0 aromatic carbocycles. The van der Waals surface area contributed by atoms with Crippen molar-refractivity contribution in [3.8, 4) is 6.07 Å². The van der Waals surface area contributed by atoms with E-state index >= 15 is 0 Å². The summed E-state index contributed by atoms with van der Waals surface area (Å²) in [7, 11) is 0. The minimum Gasteiger partial charge on any atom is -0.288 e. The Morgan fingerprint density at radius 2 is 2.00 bits per heavy atom. The zero-order chi connectivity index (χ0) is 8.27. The van der Waals surface area contributed by atoms with E-state index in [1.807, 2.05) is 0 Å². The van der Waals surface area contributed by atoms with Crippen LogP contribution < -0.4 is 0 Å². The maximum Gasteiger partial charge on any atom is 0.101 e. The van der Waals surface area contributed by atoms with Crippen LogP contribution >= 0.6 is 0 Å². The van der Waals surface area contributed by atoms with E-state index in [1.165, 1.54) is 12.8 Å². The van der Waals surface area contributed by atoms with Crippen molar-refractivity contribution in [2.75, 3.05) is 13.1 Å². The van der Waals surface area contributed by atoms with Gasteiger partial charge in [0.05, 0.1) is 6.07 Å². The highest BCUT2D eigenvalue weighted by Gasteiger charge is 2.33. The van der Waals surface area contributed by atoms with Gasteiger partial charge in [-0.05, 0) is 31.8 Å². The van der Waals surface area contributed by atoms with Gasteiger partial charge in [-0.1, -0.05) is 13.8 Å². The number of hydrogen-bond donors (Lipinski definition) is 0. The van der Waals surface area contributed by atoms with Gasteiger partial charge in [0.15, 0.2) is 0 Å². The van der Waals surface area contributed by atoms with Crippen LogP contribution in [0.1, 0.15) is 26.7 Å². The monoisotopic (exact) mass is 152 g/mol. The van der Waals surface area contributed by atoms with E-state index < -0.39 is 0 Å². The van der Waals surface area contributed by atoms with E-state index in [9.17, 15) is 0 Å². The van der Waals surface area contributed by atoms with Gasteiger partial charge < -0.3 is 0 Å². The van der Waals surface area contributed by atoms with Crippen LogP contribution in [0.2, 0.25) is 0 Å². The summed E-state index contributed by atoms with van der Waals surface area (Å²) in [5.41, 5.74) is 0. The van der Waals surface area contributed by atoms with Crippen molar-refractivity contribution in [2.24, 2.45) is 5.92 Å². The molecular weight excluding hydrogens is 136 g/mol. The molecule has 0 aromatic rings. The minimum atomic E-state index is 0.199. The van der Waals surface area contributed by atoms with Gasteiger partial charge in [0, 0.05) is 0 Å². The second kappa shape index (κ2) is 3.73. The third-order valence-corrected chi connectivity index (χ3v) is 2.41. The van der Waals surface area contributed by atoms with E-state index in [0.717, 1.165) is 13.1 Å². The first-order valence-electron chi connectivity index (χ1n) is 4.47. The zero-order valence-corrected chi connectivity index (χ0v) is 7.38. The quantitative estimate of drug-likeness (QED) is 0.612. The Morgan fingerprint density at radius 1 is 1.45 bits per heavy atom. The molecule has 1 aliphatic rings. The average molecular weight is 152 g/mol. The van der Waals surface area contributed by atoms with E-state index in [0.29, 0.717) is 5.92 Å². The van der Waals surface area contributed by atoms with Crippen molar-refractivity contribution >= 4 is 0 Å². The molecule has 0 radical (unpaired) electrons. The van der Waals surface area contributed by atoms with E-state index in [-0.39, 0.29) is 6.04 Å². The molecule has 0 spiro atoms. The van der Waals surface area contributed by atoms with Crippen LogP contribution in [0.3, 0.4) is 0 Å². The van der Waals surface area contributed by atoms with Gasteiger partial charge in [0.1, 0.15) is 6.04 Å². The van der Waals surface area contributed by atoms with Gasteiger partial charge in [-0.2, -0.15) is 5.26 Å². The molecule has 2 nitrogen and oxygen atoms in total. The van der Waals surface area contributed by atoms with Crippen LogP contribution in [-0.4, -0.2) is 24.0 Å². The van der Waals surface area contributed by atoms with Gasteiger partial charge in [0.2, 0.25) is 0 Å². The molecule has 1 rings (SSSR count). The van der Waals surface area contributed by atoms with Gasteiger partial charge >= 0.3 is 0 Å². The van der Waals surface area contributed by atoms with Crippen LogP contribution in [0.4, 0.5) is 0 Å². The Kier molecular flexibility index (Phi) is 2.90. The van der Waals surface area contributed by atoms with Crippen molar-refractivity contribution in [3.63, 3.8) is 0 Å². The standard InChI is InChI=1S/C9H16N2/c1-3-11(4-2)9(7-10)8-5-6-8/h8-9H,3-6H2,1-2H3. The Labute approximate surface area is 68.8 Å². The number of rotatable bonds is 4. The Balaban J connectivity index is 2.45. The summed E-state index contributed by atoms with van der Waals surface area (Å²) >= 11 is 0. The fourth-order valence-corrected chi connectivity index (χ4v) is 1.51. The highest BCUT2D eigenvalue weighted by Crippen LogP contribution is 2.34. The van der Waals surface area contributed by atoms with Crippen molar-refractivity contribution in [1.82, 2.24) is 4.90 Å². The molecule has 1 saturated carbocycles. The van der Waals surface area contributed by atoms with Crippen molar-refractivity contribution in [3.05, 3.63) is 0 Å². The molecule has 62 valence electrons. The average Bonchev–Trinajstić information content (AvgIpc) is 2.82. The van der Waals surface area contributed by atoms with Crippen molar-refractivity contribution < 1.29 is 0 Å². The van der Waals surface area contributed by atoms with Crippen molar-refractivity contribution in [2.45, 2.75) is 32.7 Å². The van der Waals surface area contributed by atoms with Crippen LogP contribution in [0.15, 0.2) is 0 Å². The Bertz CT molecular complexity index is 151. The summed E-state index contributed by atoms with van der Waals surface area (Å²) in [5.74, 6) is 0.680. The molecule has 11 heavy (non-hydrogen) atoms. The maximum atomic E-state index is 8.88. The van der Waals surface area contributed by atoms with Crippen LogP contribution in [0, 0.1) is 17.2 Å². The predicted octanol–water partition coefficient (Wildman–Crippen LogP) is 1.63. The van der Waals surface area contributed by atoms with Gasteiger partial charge in [-0.15, -0.1) is 0 Å². The first kappa shape index (κ1) is 8.55. The van der Waals surface area contributed by atoms with E-state index in [1.54, 1.807) is 0 Å². The Morgan fingerprint density at radius 3 is 2.27 bits per heavy atom. The maximum absolute atomic E-state index is 8.88. The van der Waals surface area contributed by atoms with Crippen LogP contribution in [-0.2, 0) is 0 Å². The van der Waals surface area contributed by atoms with Crippen molar-refractivity contribution in [1.29, 1.82) is 5.26 Å². The lowest BCUT2D eigenvalue weighted by Crippen LogP contribution is -2.35. The lowest BCUT2D eigenvalue weighted by Gasteiger charge is -2.23. The Hall–Kier alpha value is -0.550. The van der Waals surface area contributed by atoms with E-state index in [2.05, 4.69) is 24.8 Å². The first-order valence-corrected chi connectivity index (χ1v) is 4.47. The smallest absolute Gasteiger partial charge is 0.101 e. The molecule has 1 fully saturated rings. The molecular formula is C9H16N2. The molecule has 0 heterocycles. The van der Waals surface area contributed by atoms with Crippen LogP contribution in [0.25, 0.3) is 0 Å². The lowest BCUT2D eigenvalue weighted by molar-refractivity contribution is 0.239. The molecule has 0 amide bonds. The molecule has 2 heteroatoms. The minimum absolute atomic E-state index is 0.199. The number of hydrogen-bond acceptors (Lipinski definition) is 2. The molecule has 1 aliphatic carbocycles. The van der Waals surface area contributed by atoms with Gasteiger partial charge in [0.25, 0.3) is 0 Å². The van der Waals surface area contributed by atoms with E-state index in [4.69, 9.17) is 5.26 Å². The summed E-state index contributed by atoms with van der Waals surface area (Å²) in [6.07, 6.45) is 2.52. The fourth-order valence-electron chi connectivity index (χ4n) is 1.51. The highest BCUT2D eigenvalue weighted by atomic mass is 15.1. The molecule has 0 N–H and O–H groups in total. The molecule has 0 bridgehead atoms. The normalized spacial score (nSPS) is 19.8. The lowest BCUT2D eigenvalue weighted by atomic mass is 10.2. The zero-order valence-electron chi connectivity index (χ0n) is 7.38. The summed E-state index contributed by atoms with van der Waals surface area (Å²) < 4.78 is 0. The topological polar surface area (TPSA) is 27.0 Å². The second-order valence-electron chi connectivity index (χ2n) is 3.13. The molecule has 1 unspecified atom stereocenters. The highest BCUT2D eigenvalue weighted by molar-refractivity contribution is 5.01. The molecule has 0 saturated heterocycles. The summed E-state index contributed by atoms with van der Waals surface area (Å²) in [6, 6.07) is 2.59. The second-order valence-corrected chi connectivity index (χ2v) is 3.13. The number of nitriles is 1. The number of nitrogens with zero attached hydrogens (tertiary/aromatic N) is 2. The summed E-state index contributed by atoms with van der Waals surface area (Å²) in [6.45, 7) is 6.25. The largest absolute Gasteiger partial charge is 0.288 e. The molecule has 1 atom stereocenters. The molecule has 0 aliphatic heterocycles. The van der Waals surface area contributed by atoms with Gasteiger partial charge in [-0.25, -0.2) is 0 Å². The third-order valence-electron chi connectivity index (χ3n) is 2.41. The van der Waals surface area contributed by atoms with Crippen LogP contribution in [0.5, 0.6) is 0 Å². The fraction of sp³-hybridized carbons (Fsp3) is 0.889.